The number of ether oxygens (including phenoxy) is 1. The summed E-state index contributed by atoms with van der Waals surface area (Å²) < 4.78 is 46.8. The zero-order chi connectivity index (χ0) is 22.9. The zero-order valence-corrected chi connectivity index (χ0v) is 19.7. The Morgan fingerprint density at radius 1 is 1.25 bits per heavy atom. The molecule has 0 bridgehead atoms. The molecule has 174 valence electrons. The van der Waals surface area contributed by atoms with Gasteiger partial charge in [0, 0.05) is 43.7 Å². The monoisotopic (exact) mass is 482 g/mol. The largest absolute Gasteiger partial charge is 0.373 e. The molecule has 32 heavy (non-hydrogen) atoms. The number of sulfonamides is 1. The maximum absolute atomic E-state index is 14.3. The number of rotatable bonds is 6. The van der Waals surface area contributed by atoms with Crippen molar-refractivity contribution in [3.05, 3.63) is 40.7 Å². The van der Waals surface area contributed by atoms with Gasteiger partial charge in [-0.25, -0.2) is 17.8 Å². The molecule has 2 aliphatic rings. The van der Waals surface area contributed by atoms with Gasteiger partial charge in [-0.3, -0.25) is 15.0 Å². The third-order valence-corrected chi connectivity index (χ3v) is 8.25. The van der Waals surface area contributed by atoms with Crippen LogP contribution in [0.3, 0.4) is 0 Å². The van der Waals surface area contributed by atoms with Gasteiger partial charge in [-0.2, -0.15) is 4.31 Å². The van der Waals surface area contributed by atoms with Crippen molar-refractivity contribution in [3.63, 3.8) is 0 Å². The van der Waals surface area contributed by atoms with Crippen LogP contribution >= 0.6 is 11.3 Å². The van der Waals surface area contributed by atoms with Gasteiger partial charge in [0.1, 0.15) is 10.7 Å². The molecular formula is C21H27FN4O4S2. The molecule has 0 saturated carbocycles. The third kappa shape index (κ3) is 5.18. The van der Waals surface area contributed by atoms with Crippen molar-refractivity contribution < 1.29 is 22.3 Å². The van der Waals surface area contributed by atoms with E-state index in [9.17, 15) is 17.6 Å². The molecule has 2 aromatic rings. The second-order valence-electron chi connectivity index (χ2n) is 8.31. The standard InChI is InChI=1S/C21H27FN4O4S2/c1-14-10-25(11-15(2)30-14)12-17-13-31-21(23-17)24-20(27)16-5-6-18(22)19(9-16)32(28,29)26-7-3-4-8-26/h5-6,9,13-15H,3-4,7-8,10-12H2,1-2H3,(H,23,24,27). The molecule has 0 radical (unpaired) electrons. The molecule has 2 unspecified atom stereocenters. The van der Waals surface area contributed by atoms with Crippen LogP contribution in [0.1, 0.15) is 42.7 Å². The summed E-state index contributed by atoms with van der Waals surface area (Å²) in [4.78, 5) is 19.0. The molecule has 2 fully saturated rings. The summed E-state index contributed by atoms with van der Waals surface area (Å²) >= 11 is 1.29. The Labute approximate surface area is 191 Å². The maximum Gasteiger partial charge on any atom is 0.257 e. The van der Waals surface area contributed by atoms with Gasteiger partial charge in [-0.1, -0.05) is 0 Å². The van der Waals surface area contributed by atoms with Gasteiger partial charge < -0.3 is 4.74 Å². The lowest BCUT2D eigenvalue weighted by Gasteiger charge is -2.34. The van der Waals surface area contributed by atoms with E-state index in [2.05, 4.69) is 15.2 Å². The molecule has 1 aromatic carbocycles. The summed E-state index contributed by atoms with van der Waals surface area (Å²) in [6, 6.07) is 3.40. The van der Waals surface area contributed by atoms with E-state index in [0.29, 0.717) is 24.8 Å². The number of thiazole rings is 1. The van der Waals surface area contributed by atoms with Crippen molar-refractivity contribution >= 4 is 32.4 Å². The highest BCUT2D eigenvalue weighted by Crippen LogP contribution is 2.25. The third-order valence-electron chi connectivity index (χ3n) is 5.53. The normalized spacial score (nSPS) is 22.8. The number of anilines is 1. The van der Waals surface area contributed by atoms with Crippen LogP contribution in [0.25, 0.3) is 0 Å². The second-order valence-corrected chi connectivity index (χ2v) is 11.1. The van der Waals surface area contributed by atoms with Gasteiger partial charge in [0.05, 0.1) is 17.9 Å². The molecular weight excluding hydrogens is 455 g/mol. The first-order valence-electron chi connectivity index (χ1n) is 10.7. The van der Waals surface area contributed by atoms with Crippen LogP contribution < -0.4 is 5.32 Å². The molecule has 2 aliphatic heterocycles. The molecule has 2 saturated heterocycles. The average Bonchev–Trinajstić information content (AvgIpc) is 3.40. The number of benzene rings is 1. The van der Waals surface area contributed by atoms with Gasteiger partial charge in [-0.15, -0.1) is 11.3 Å². The van der Waals surface area contributed by atoms with Crippen LogP contribution in [0, 0.1) is 5.82 Å². The van der Waals surface area contributed by atoms with E-state index in [0.717, 1.165) is 43.8 Å². The lowest BCUT2D eigenvalue weighted by molar-refractivity contribution is -0.0707. The van der Waals surface area contributed by atoms with Crippen LogP contribution in [0.2, 0.25) is 0 Å². The number of nitrogens with one attached hydrogen (secondary N) is 1. The molecule has 8 nitrogen and oxygen atoms in total. The minimum Gasteiger partial charge on any atom is -0.373 e. The molecule has 0 aliphatic carbocycles. The van der Waals surface area contributed by atoms with Crippen LogP contribution in [0.5, 0.6) is 0 Å². The lowest BCUT2D eigenvalue weighted by atomic mass is 10.2. The highest BCUT2D eigenvalue weighted by molar-refractivity contribution is 7.89. The predicted octanol–water partition coefficient (Wildman–Crippen LogP) is 2.93. The van der Waals surface area contributed by atoms with Crippen LogP contribution in [0.15, 0.2) is 28.5 Å². The van der Waals surface area contributed by atoms with Gasteiger partial charge >= 0.3 is 0 Å². The van der Waals surface area contributed by atoms with E-state index < -0.39 is 26.6 Å². The quantitative estimate of drug-likeness (QED) is 0.681. The topological polar surface area (TPSA) is 91.8 Å². The molecule has 3 heterocycles. The number of halogens is 1. The van der Waals surface area contributed by atoms with Crippen molar-refractivity contribution in [2.24, 2.45) is 0 Å². The first kappa shape index (κ1) is 23.2. The summed E-state index contributed by atoms with van der Waals surface area (Å²) in [6.45, 7) is 7.08. The number of carbonyl (C=O) groups excluding carboxylic acids is 1. The number of nitrogens with zero attached hydrogens (tertiary/aromatic N) is 3. The Balaban J connectivity index is 1.44. The van der Waals surface area contributed by atoms with Gasteiger partial charge in [0.2, 0.25) is 10.0 Å². The fourth-order valence-electron chi connectivity index (χ4n) is 4.16. The molecule has 11 heteroatoms. The van der Waals surface area contributed by atoms with Crippen molar-refractivity contribution in [1.82, 2.24) is 14.2 Å². The van der Waals surface area contributed by atoms with E-state index in [4.69, 9.17) is 4.74 Å². The van der Waals surface area contributed by atoms with E-state index in [-0.39, 0.29) is 17.8 Å². The van der Waals surface area contributed by atoms with Crippen LogP contribution in [-0.4, -0.2) is 66.9 Å². The Bertz CT molecular complexity index is 1080. The minimum atomic E-state index is -3.97. The van der Waals surface area contributed by atoms with Crippen molar-refractivity contribution in [1.29, 1.82) is 0 Å². The highest BCUT2D eigenvalue weighted by atomic mass is 32.2. The first-order chi connectivity index (χ1) is 15.2. The summed E-state index contributed by atoms with van der Waals surface area (Å²) in [7, 11) is -3.97. The highest BCUT2D eigenvalue weighted by Gasteiger charge is 2.30. The number of carbonyl (C=O) groups is 1. The van der Waals surface area contributed by atoms with Gasteiger partial charge in [-0.05, 0) is 44.9 Å². The lowest BCUT2D eigenvalue weighted by Crippen LogP contribution is -2.44. The molecule has 4 rings (SSSR count). The fourth-order valence-corrected chi connectivity index (χ4v) is 6.46. The molecule has 0 spiro atoms. The van der Waals surface area contributed by atoms with Crippen molar-refractivity contribution in [2.45, 2.75) is 50.3 Å². The summed E-state index contributed by atoms with van der Waals surface area (Å²) in [5.74, 6) is -1.39. The van der Waals surface area contributed by atoms with Gasteiger partial charge in [0.25, 0.3) is 5.91 Å². The fraction of sp³-hybridized carbons (Fsp3) is 0.524. The minimum absolute atomic E-state index is 0.0664. The van der Waals surface area contributed by atoms with Crippen LogP contribution in [0.4, 0.5) is 9.52 Å². The maximum atomic E-state index is 14.3. The number of aromatic nitrogens is 1. The molecule has 1 aromatic heterocycles. The Morgan fingerprint density at radius 3 is 2.62 bits per heavy atom. The second kappa shape index (κ2) is 9.52. The number of hydrogen-bond acceptors (Lipinski definition) is 7. The van der Waals surface area contributed by atoms with Crippen molar-refractivity contribution in [2.75, 3.05) is 31.5 Å². The predicted molar refractivity (Wildman–Crippen MR) is 120 cm³/mol. The molecule has 1 N–H and O–H groups in total. The van der Waals surface area contributed by atoms with Crippen LogP contribution in [-0.2, 0) is 21.3 Å². The number of amides is 1. The smallest absolute Gasteiger partial charge is 0.257 e. The summed E-state index contributed by atoms with van der Waals surface area (Å²) in [6.07, 6.45) is 1.80. The molecule has 1 amide bonds. The summed E-state index contributed by atoms with van der Waals surface area (Å²) in [5.41, 5.74) is 0.903. The average molecular weight is 483 g/mol. The van der Waals surface area contributed by atoms with E-state index in [1.807, 2.05) is 19.2 Å². The molecule has 2 atom stereocenters. The zero-order valence-electron chi connectivity index (χ0n) is 18.1. The summed E-state index contributed by atoms with van der Waals surface area (Å²) in [5, 5.41) is 4.99. The van der Waals surface area contributed by atoms with Crippen molar-refractivity contribution in [3.8, 4) is 0 Å². The number of morpholine rings is 1. The Hall–Kier alpha value is -1.92. The van der Waals surface area contributed by atoms with E-state index in [1.54, 1.807) is 0 Å². The van der Waals surface area contributed by atoms with Gasteiger partial charge in [0.15, 0.2) is 5.13 Å². The Morgan fingerprint density at radius 2 is 1.94 bits per heavy atom. The Kier molecular flexibility index (Phi) is 6.91. The van der Waals surface area contributed by atoms with E-state index in [1.165, 1.54) is 21.7 Å². The van der Waals surface area contributed by atoms with E-state index >= 15 is 0 Å². The first-order valence-corrected chi connectivity index (χ1v) is 13.0. The number of hydrogen-bond donors (Lipinski definition) is 1. The SMILES string of the molecule is CC1CN(Cc2csc(NC(=O)c3ccc(F)c(S(=O)(=O)N4CCCC4)c3)n2)CC(C)O1.